The van der Waals surface area contributed by atoms with Gasteiger partial charge >= 0.3 is 0 Å². The lowest BCUT2D eigenvalue weighted by molar-refractivity contribution is 0.0730. The molecule has 0 aliphatic carbocycles. The van der Waals surface area contributed by atoms with Gasteiger partial charge in [0, 0.05) is 22.7 Å². The van der Waals surface area contributed by atoms with Crippen molar-refractivity contribution in [1.82, 2.24) is 15.1 Å². The minimum Gasteiger partial charge on any atom is -0.322 e. The lowest BCUT2D eigenvalue weighted by atomic mass is 9.95. The number of hydrogen-bond donors (Lipinski definition) is 1. The highest BCUT2D eigenvalue weighted by molar-refractivity contribution is 6.30. The molecule has 5 rings (SSSR count). The molecule has 154 valence electrons. The Bertz CT molecular complexity index is 1250. The summed E-state index contributed by atoms with van der Waals surface area (Å²) in [5, 5.41) is 8.06. The van der Waals surface area contributed by atoms with Gasteiger partial charge in [-0.1, -0.05) is 65.7 Å². The van der Waals surface area contributed by atoms with Crippen molar-refractivity contribution in [2.24, 2.45) is 0 Å². The Morgan fingerprint density at radius 2 is 1.68 bits per heavy atom. The van der Waals surface area contributed by atoms with Crippen LogP contribution in [0.5, 0.6) is 0 Å². The van der Waals surface area contributed by atoms with E-state index >= 15 is 0 Å². The number of nitrogens with zero attached hydrogens (tertiary/aromatic N) is 2. The summed E-state index contributed by atoms with van der Waals surface area (Å²) in [5.41, 5.74) is 5.94. The third kappa shape index (κ3) is 3.51. The second-order valence-corrected chi connectivity index (χ2v) is 8.18. The molecule has 1 atom stereocenters. The molecule has 1 amide bonds. The summed E-state index contributed by atoms with van der Waals surface area (Å²) >= 11 is 6.06. The average Bonchev–Trinajstić information content (AvgIpc) is 3.31. The number of fused-ring (bicyclic) bond motifs is 1. The van der Waals surface area contributed by atoms with Crippen LogP contribution in [-0.2, 0) is 6.54 Å². The number of amides is 1. The Hall–Kier alpha value is -3.44. The number of nitrogens with one attached hydrogen (secondary N) is 1. The lowest BCUT2D eigenvalue weighted by Crippen LogP contribution is -2.29. The minimum atomic E-state index is -0.308. The molecule has 0 fully saturated rings. The summed E-state index contributed by atoms with van der Waals surface area (Å²) in [5.74, 6) is -0.427. The van der Waals surface area contributed by atoms with Crippen LogP contribution in [0.2, 0.25) is 5.02 Å². The summed E-state index contributed by atoms with van der Waals surface area (Å²) in [7, 11) is 0. The maximum absolute atomic E-state index is 13.4. The molecule has 1 aliphatic heterocycles. The second kappa shape index (κ2) is 7.67. The Kier molecular flexibility index (Phi) is 4.83. The quantitative estimate of drug-likeness (QED) is 0.435. The zero-order valence-corrected chi connectivity index (χ0v) is 17.5. The fourth-order valence-electron chi connectivity index (χ4n) is 4.07. The fourth-order valence-corrected chi connectivity index (χ4v) is 4.20. The molecule has 3 aromatic carbocycles. The predicted octanol–water partition coefficient (Wildman–Crippen LogP) is 5.92. The summed E-state index contributed by atoms with van der Waals surface area (Å²) in [4.78, 5) is 15.2. The number of aromatic amines is 1. The molecule has 31 heavy (non-hydrogen) atoms. The van der Waals surface area contributed by atoms with Crippen LogP contribution in [0.3, 0.4) is 0 Å². The van der Waals surface area contributed by atoms with Gasteiger partial charge in [0.25, 0.3) is 5.91 Å². The number of carbonyl (C=O) groups is 1. The maximum atomic E-state index is 13.4. The molecule has 4 aromatic rings. The Balaban J connectivity index is 1.63. The zero-order chi connectivity index (χ0) is 21.5. The van der Waals surface area contributed by atoms with Crippen molar-refractivity contribution >= 4 is 17.5 Å². The number of aromatic nitrogens is 2. The fraction of sp³-hybridized carbons (Fsp3) is 0.120. The second-order valence-electron chi connectivity index (χ2n) is 7.74. The van der Waals surface area contributed by atoms with Crippen LogP contribution >= 0.6 is 11.6 Å². The molecular formula is C25H19ClFN3O. The van der Waals surface area contributed by atoms with Crippen molar-refractivity contribution in [3.63, 3.8) is 0 Å². The van der Waals surface area contributed by atoms with Gasteiger partial charge in [-0.2, -0.15) is 5.10 Å². The van der Waals surface area contributed by atoms with E-state index in [1.165, 1.54) is 12.1 Å². The van der Waals surface area contributed by atoms with Crippen LogP contribution in [0.4, 0.5) is 4.39 Å². The summed E-state index contributed by atoms with van der Waals surface area (Å²) < 4.78 is 13.4. The van der Waals surface area contributed by atoms with Crippen molar-refractivity contribution in [3.8, 4) is 11.3 Å². The first kappa shape index (κ1) is 19.5. The first-order chi connectivity index (χ1) is 15.0. The van der Waals surface area contributed by atoms with E-state index in [1.54, 1.807) is 17.0 Å². The molecule has 2 heterocycles. The Labute approximate surface area is 184 Å². The van der Waals surface area contributed by atoms with E-state index in [9.17, 15) is 9.18 Å². The zero-order valence-electron chi connectivity index (χ0n) is 16.8. The summed E-state index contributed by atoms with van der Waals surface area (Å²) in [6, 6.07) is 21.5. The van der Waals surface area contributed by atoms with Gasteiger partial charge in [0.05, 0.1) is 11.7 Å². The molecule has 0 spiro atoms. The van der Waals surface area contributed by atoms with Gasteiger partial charge in [-0.05, 0) is 42.3 Å². The minimum absolute atomic E-state index is 0.127. The van der Waals surface area contributed by atoms with Crippen molar-refractivity contribution in [2.75, 3.05) is 0 Å². The van der Waals surface area contributed by atoms with Gasteiger partial charge in [-0.15, -0.1) is 0 Å². The van der Waals surface area contributed by atoms with E-state index < -0.39 is 0 Å². The molecule has 6 heteroatoms. The molecule has 0 radical (unpaired) electrons. The van der Waals surface area contributed by atoms with Crippen LogP contribution in [0.15, 0.2) is 72.8 Å². The van der Waals surface area contributed by atoms with Gasteiger partial charge in [0.1, 0.15) is 11.5 Å². The van der Waals surface area contributed by atoms with E-state index in [2.05, 4.69) is 10.2 Å². The number of H-pyrrole nitrogens is 1. The Morgan fingerprint density at radius 3 is 2.35 bits per heavy atom. The number of hydrogen-bond acceptors (Lipinski definition) is 2. The van der Waals surface area contributed by atoms with E-state index in [1.807, 2.05) is 55.5 Å². The van der Waals surface area contributed by atoms with Gasteiger partial charge in [0.2, 0.25) is 0 Å². The summed E-state index contributed by atoms with van der Waals surface area (Å²) in [6.07, 6.45) is 0. The predicted molar refractivity (Wildman–Crippen MR) is 118 cm³/mol. The number of carbonyl (C=O) groups excluding carboxylic acids is 1. The SMILES string of the molecule is Cc1ccc(C2c3c(-c4ccc(Cl)cc4)n[nH]c3C(=O)N2Cc2ccc(F)cc2)cc1. The van der Waals surface area contributed by atoms with Gasteiger partial charge in [0.15, 0.2) is 0 Å². The van der Waals surface area contributed by atoms with Crippen LogP contribution in [0.25, 0.3) is 11.3 Å². The smallest absolute Gasteiger partial charge is 0.273 e. The normalized spacial score (nSPS) is 15.4. The number of benzene rings is 3. The van der Waals surface area contributed by atoms with Crippen molar-refractivity contribution in [3.05, 3.63) is 112 Å². The van der Waals surface area contributed by atoms with E-state index in [0.717, 1.165) is 33.5 Å². The highest BCUT2D eigenvalue weighted by Gasteiger charge is 2.42. The molecular weight excluding hydrogens is 413 g/mol. The Morgan fingerprint density at radius 1 is 1.00 bits per heavy atom. The number of aryl methyl sites for hydroxylation is 1. The molecule has 0 bridgehead atoms. The van der Waals surface area contributed by atoms with Gasteiger partial charge < -0.3 is 4.90 Å². The van der Waals surface area contributed by atoms with Crippen molar-refractivity contribution in [2.45, 2.75) is 19.5 Å². The number of rotatable bonds is 4. The van der Waals surface area contributed by atoms with E-state index in [-0.39, 0.29) is 17.8 Å². The lowest BCUT2D eigenvalue weighted by Gasteiger charge is -2.26. The van der Waals surface area contributed by atoms with E-state index in [4.69, 9.17) is 11.6 Å². The molecule has 1 aliphatic rings. The number of halogens is 2. The molecule has 1 unspecified atom stereocenters. The third-order valence-corrected chi connectivity index (χ3v) is 5.89. The molecule has 0 saturated heterocycles. The van der Waals surface area contributed by atoms with Crippen LogP contribution < -0.4 is 0 Å². The molecule has 0 saturated carbocycles. The summed E-state index contributed by atoms with van der Waals surface area (Å²) in [6.45, 7) is 2.39. The average molecular weight is 432 g/mol. The monoisotopic (exact) mass is 431 g/mol. The maximum Gasteiger partial charge on any atom is 0.273 e. The third-order valence-electron chi connectivity index (χ3n) is 5.64. The molecule has 1 N–H and O–H groups in total. The molecule has 4 nitrogen and oxygen atoms in total. The van der Waals surface area contributed by atoms with Crippen LogP contribution in [-0.4, -0.2) is 21.0 Å². The molecule has 1 aromatic heterocycles. The van der Waals surface area contributed by atoms with Gasteiger partial charge in [-0.25, -0.2) is 4.39 Å². The first-order valence-electron chi connectivity index (χ1n) is 9.97. The van der Waals surface area contributed by atoms with Crippen LogP contribution in [0.1, 0.15) is 38.8 Å². The van der Waals surface area contributed by atoms with Crippen LogP contribution in [0, 0.1) is 12.7 Å². The van der Waals surface area contributed by atoms with Crippen molar-refractivity contribution < 1.29 is 9.18 Å². The largest absolute Gasteiger partial charge is 0.322 e. The first-order valence-corrected chi connectivity index (χ1v) is 10.4. The van der Waals surface area contributed by atoms with Gasteiger partial charge in [-0.3, -0.25) is 9.89 Å². The topological polar surface area (TPSA) is 49.0 Å². The highest BCUT2D eigenvalue weighted by Crippen LogP contribution is 2.43. The van der Waals surface area contributed by atoms with E-state index in [0.29, 0.717) is 17.3 Å². The standard InChI is InChI=1S/C25H19ClFN3O/c1-15-2-6-18(7-3-15)24-21-22(17-8-10-19(26)11-9-17)28-29-23(21)25(31)30(24)14-16-4-12-20(27)13-5-16/h2-13,24H,14H2,1H3,(H,28,29). The highest BCUT2D eigenvalue weighted by atomic mass is 35.5. The van der Waals surface area contributed by atoms with Crippen molar-refractivity contribution in [1.29, 1.82) is 0 Å².